The number of carbonyl (C=O) groups is 1. The van der Waals surface area contributed by atoms with Crippen molar-refractivity contribution in [3.05, 3.63) is 71.5 Å². The Balaban J connectivity index is 1.73. The van der Waals surface area contributed by atoms with E-state index in [1.54, 1.807) is 13.3 Å². The minimum atomic E-state index is -0.246. The van der Waals surface area contributed by atoms with Crippen LogP contribution in [-0.4, -0.2) is 23.0 Å². The fourth-order valence-corrected chi connectivity index (χ4v) is 4.04. The lowest BCUT2D eigenvalue weighted by atomic mass is 9.99. The Morgan fingerprint density at radius 2 is 1.89 bits per heavy atom. The van der Waals surface area contributed by atoms with Crippen LogP contribution in [0.5, 0.6) is 5.75 Å². The fraction of sp³-hybridized carbons (Fsp3) is 0.136. The van der Waals surface area contributed by atoms with Crippen molar-refractivity contribution in [3.8, 4) is 16.9 Å². The summed E-state index contributed by atoms with van der Waals surface area (Å²) in [7, 11) is 1.62. The standard InChI is InChI=1S/C22H19N3O2S/c1-13-8-9-18-20(10-13)28-22(24-18)25-21(26)17-12-23-14(2)11-16(17)15-6-4-5-7-19(15)27-3/h4-12H,1-3H3,(H,24,25,26). The second-order valence-corrected chi connectivity index (χ2v) is 7.55. The number of thiazole rings is 1. The lowest BCUT2D eigenvalue weighted by Crippen LogP contribution is -2.14. The first-order chi connectivity index (χ1) is 13.5. The first kappa shape index (κ1) is 18.1. The van der Waals surface area contributed by atoms with Crippen molar-refractivity contribution >= 4 is 32.6 Å². The number of pyridine rings is 1. The number of hydrogen-bond donors (Lipinski definition) is 1. The molecule has 5 nitrogen and oxygen atoms in total. The quantitative estimate of drug-likeness (QED) is 0.519. The van der Waals surface area contributed by atoms with Crippen LogP contribution in [0.3, 0.4) is 0 Å². The van der Waals surface area contributed by atoms with E-state index < -0.39 is 0 Å². The number of fused-ring (bicyclic) bond motifs is 1. The molecule has 0 saturated heterocycles. The van der Waals surface area contributed by atoms with Gasteiger partial charge in [-0.1, -0.05) is 35.6 Å². The third kappa shape index (κ3) is 3.46. The summed E-state index contributed by atoms with van der Waals surface area (Å²) < 4.78 is 6.53. The lowest BCUT2D eigenvalue weighted by molar-refractivity contribution is 0.102. The number of methoxy groups -OCH3 is 1. The van der Waals surface area contributed by atoms with E-state index in [9.17, 15) is 4.79 Å². The van der Waals surface area contributed by atoms with Crippen LogP contribution < -0.4 is 10.1 Å². The number of benzene rings is 2. The van der Waals surface area contributed by atoms with E-state index in [4.69, 9.17) is 4.74 Å². The van der Waals surface area contributed by atoms with Crippen LogP contribution in [0.4, 0.5) is 5.13 Å². The first-order valence-corrected chi connectivity index (χ1v) is 9.65. The number of rotatable bonds is 4. The number of nitrogens with one attached hydrogen (secondary N) is 1. The van der Waals surface area contributed by atoms with Gasteiger partial charge in [0.1, 0.15) is 5.75 Å². The SMILES string of the molecule is COc1ccccc1-c1cc(C)ncc1C(=O)Nc1nc2ccc(C)cc2s1. The predicted octanol–water partition coefficient (Wildman–Crippen LogP) is 5.24. The number of carbonyl (C=O) groups excluding carboxylic acids is 1. The van der Waals surface area contributed by atoms with Crippen molar-refractivity contribution < 1.29 is 9.53 Å². The maximum Gasteiger partial charge on any atom is 0.259 e. The molecule has 0 aliphatic carbocycles. The van der Waals surface area contributed by atoms with E-state index in [2.05, 4.69) is 21.4 Å². The van der Waals surface area contributed by atoms with Gasteiger partial charge < -0.3 is 4.74 Å². The van der Waals surface area contributed by atoms with Crippen LogP contribution in [0.1, 0.15) is 21.6 Å². The lowest BCUT2D eigenvalue weighted by Gasteiger charge is -2.13. The van der Waals surface area contributed by atoms with Gasteiger partial charge in [-0.15, -0.1) is 0 Å². The van der Waals surface area contributed by atoms with E-state index in [1.165, 1.54) is 11.3 Å². The third-order valence-corrected chi connectivity index (χ3v) is 5.38. The Labute approximate surface area is 167 Å². The minimum absolute atomic E-state index is 0.246. The molecule has 0 aliphatic rings. The Bertz CT molecular complexity index is 1180. The highest BCUT2D eigenvalue weighted by Gasteiger charge is 2.18. The molecule has 6 heteroatoms. The van der Waals surface area contributed by atoms with Gasteiger partial charge in [-0.3, -0.25) is 15.1 Å². The summed E-state index contributed by atoms with van der Waals surface area (Å²) in [4.78, 5) is 21.9. The molecule has 1 amide bonds. The molecule has 0 unspecified atom stereocenters. The highest BCUT2D eigenvalue weighted by Crippen LogP contribution is 2.33. The Kier molecular flexibility index (Phi) is 4.79. The number of nitrogens with zero attached hydrogens (tertiary/aromatic N) is 2. The molecule has 4 rings (SSSR count). The van der Waals surface area contributed by atoms with Gasteiger partial charge in [0.25, 0.3) is 5.91 Å². The summed E-state index contributed by atoms with van der Waals surface area (Å²) in [6.07, 6.45) is 1.60. The largest absolute Gasteiger partial charge is 0.496 e. The average molecular weight is 389 g/mol. The summed E-state index contributed by atoms with van der Waals surface area (Å²) >= 11 is 1.46. The van der Waals surface area contributed by atoms with Crippen LogP contribution in [0, 0.1) is 13.8 Å². The zero-order chi connectivity index (χ0) is 19.7. The molecule has 0 bridgehead atoms. The third-order valence-electron chi connectivity index (χ3n) is 4.45. The topological polar surface area (TPSA) is 64.1 Å². The van der Waals surface area contributed by atoms with Gasteiger partial charge in [-0.25, -0.2) is 4.98 Å². The van der Waals surface area contributed by atoms with Gasteiger partial charge in [0.05, 0.1) is 22.9 Å². The van der Waals surface area contributed by atoms with Crippen LogP contribution in [0.25, 0.3) is 21.3 Å². The van der Waals surface area contributed by atoms with Crippen molar-refractivity contribution in [2.75, 3.05) is 12.4 Å². The molecule has 1 N–H and O–H groups in total. The summed E-state index contributed by atoms with van der Waals surface area (Å²) in [5.41, 5.74) is 4.96. The maximum atomic E-state index is 13.0. The predicted molar refractivity (Wildman–Crippen MR) is 113 cm³/mol. The van der Waals surface area contributed by atoms with Gasteiger partial charge >= 0.3 is 0 Å². The van der Waals surface area contributed by atoms with Crippen molar-refractivity contribution in [2.45, 2.75) is 13.8 Å². The summed E-state index contributed by atoms with van der Waals surface area (Å²) in [6, 6.07) is 15.6. The summed E-state index contributed by atoms with van der Waals surface area (Å²) in [6.45, 7) is 3.94. The normalized spacial score (nSPS) is 10.8. The molecule has 0 saturated carbocycles. The van der Waals surface area contributed by atoms with Crippen LogP contribution in [0.15, 0.2) is 54.7 Å². The molecule has 28 heavy (non-hydrogen) atoms. The molecule has 0 fully saturated rings. The van der Waals surface area contributed by atoms with Crippen LogP contribution in [0.2, 0.25) is 0 Å². The fourth-order valence-electron chi connectivity index (χ4n) is 3.08. The molecule has 140 valence electrons. The van der Waals surface area contributed by atoms with Gasteiger partial charge in [0, 0.05) is 23.0 Å². The van der Waals surface area contributed by atoms with E-state index in [0.717, 1.165) is 32.6 Å². The van der Waals surface area contributed by atoms with E-state index in [0.29, 0.717) is 16.4 Å². The van der Waals surface area contributed by atoms with Crippen LogP contribution in [-0.2, 0) is 0 Å². The monoisotopic (exact) mass is 389 g/mol. The molecule has 0 radical (unpaired) electrons. The molecule has 2 aromatic carbocycles. The van der Waals surface area contributed by atoms with Gasteiger partial charge in [0.15, 0.2) is 5.13 Å². The molecule has 2 aromatic heterocycles. The van der Waals surface area contributed by atoms with Gasteiger partial charge in [-0.2, -0.15) is 0 Å². The number of ether oxygens (including phenoxy) is 1. The van der Waals surface area contributed by atoms with E-state index in [1.807, 2.05) is 56.3 Å². The van der Waals surface area contributed by atoms with Gasteiger partial charge in [0.2, 0.25) is 0 Å². The molecular formula is C22H19N3O2S. The van der Waals surface area contributed by atoms with Crippen LogP contribution >= 0.6 is 11.3 Å². The van der Waals surface area contributed by atoms with Crippen molar-refractivity contribution in [1.82, 2.24) is 9.97 Å². The number of aryl methyl sites for hydroxylation is 2. The molecule has 0 atom stereocenters. The number of anilines is 1. The van der Waals surface area contributed by atoms with Crippen molar-refractivity contribution in [2.24, 2.45) is 0 Å². The average Bonchev–Trinajstić information content (AvgIpc) is 3.09. The molecule has 2 heterocycles. The van der Waals surface area contributed by atoms with Gasteiger partial charge in [-0.05, 0) is 43.7 Å². The van der Waals surface area contributed by atoms with E-state index >= 15 is 0 Å². The zero-order valence-electron chi connectivity index (χ0n) is 15.8. The molecular weight excluding hydrogens is 370 g/mol. The Morgan fingerprint density at radius 3 is 2.71 bits per heavy atom. The summed E-state index contributed by atoms with van der Waals surface area (Å²) in [5.74, 6) is 0.460. The maximum absolute atomic E-state index is 13.0. The zero-order valence-corrected chi connectivity index (χ0v) is 16.6. The number of aromatic nitrogens is 2. The second-order valence-electron chi connectivity index (χ2n) is 6.52. The smallest absolute Gasteiger partial charge is 0.259 e. The Hall–Kier alpha value is -3.25. The van der Waals surface area contributed by atoms with Crippen molar-refractivity contribution in [1.29, 1.82) is 0 Å². The second kappa shape index (κ2) is 7.40. The Morgan fingerprint density at radius 1 is 1.07 bits per heavy atom. The number of hydrogen-bond acceptors (Lipinski definition) is 5. The van der Waals surface area contributed by atoms with E-state index in [-0.39, 0.29) is 5.91 Å². The summed E-state index contributed by atoms with van der Waals surface area (Å²) in [5, 5.41) is 3.49. The molecule has 0 spiro atoms. The highest BCUT2D eigenvalue weighted by atomic mass is 32.1. The molecule has 4 aromatic rings. The molecule has 0 aliphatic heterocycles. The number of amides is 1. The first-order valence-electron chi connectivity index (χ1n) is 8.84. The number of para-hydroxylation sites is 1. The minimum Gasteiger partial charge on any atom is -0.496 e. The van der Waals surface area contributed by atoms with Crippen molar-refractivity contribution in [3.63, 3.8) is 0 Å². The highest BCUT2D eigenvalue weighted by molar-refractivity contribution is 7.22.